The number of hydrogen-bond donors (Lipinski definition) is 1. The molecule has 2 unspecified atom stereocenters. The monoisotopic (exact) mass is 428 g/mol. The third kappa shape index (κ3) is 6.29. The number of benzene rings is 1. The molecule has 0 bridgehead atoms. The second-order valence-electron chi connectivity index (χ2n) is 8.88. The molecule has 1 saturated heterocycles. The van der Waals surface area contributed by atoms with Crippen LogP contribution in [0.3, 0.4) is 0 Å². The van der Waals surface area contributed by atoms with E-state index in [0.29, 0.717) is 12.5 Å². The number of hydrazine groups is 1. The van der Waals surface area contributed by atoms with Crippen LogP contribution in [0.25, 0.3) is 0 Å². The van der Waals surface area contributed by atoms with E-state index in [1.54, 1.807) is 6.21 Å². The Morgan fingerprint density at radius 3 is 2.58 bits per heavy atom. The first kappa shape index (κ1) is 23.3. The van der Waals surface area contributed by atoms with Crippen LogP contribution in [0.4, 0.5) is 0 Å². The first-order valence-corrected chi connectivity index (χ1v) is 11.5. The number of likely N-dealkylation sites (tertiary alicyclic amines) is 1. The summed E-state index contributed by atoms with van der Waals surface area (Å²) in [6.45, 7) is 7.42. The maximum atomic E-state index is 11.2. The van der Waals surface area contributed by atoms with Crippen LogP contribution in [-0.2, 0) is 4.74 Å². The Kier molecular flexibility index (Phi) is 8.46. The summed E-state index contributed by atoms with van der Waals surface area (Å²) in [5.41, 5.74) is 5.04. The lowest BCUT2D eigenvalue weighted by Crippen LogP contribution is -2.48. The van der Waals surface area contributed by atoms with E-state index in [1.807, 2.05) is 13.1 Å². The van der Waals surface area contributed by atoms with E-state index in [1.165, 1.54) is 5.56 Å². The number of nitrogens with zero attached hydrogens (tertiary/aromatic N) is 3. The van der Waals surface area contributed by atoms with Crippen molar-refractivity contribution in [2.75, 3.05) is 13.2 Å². The van der Waals surface area contributed by atoms with Gasteiger partial charge in [0.2, 0.25) is 0 Å². The topological polar surface area (TPSA) is 80.0 Å². The highest BCUT2D eigenvalue weighted by atomic mass is 16.7. The van der Waals surface area contributed by atoms with Crippen molar-refractivity contribution in [1.82, 2.24) is 10.3 Å². The summed E-state index contributed by atoms with van der Waals surface area (Å²) in [4.78, 5) is 17.7. The lowest BCUT2D eigenvalue weighted by molar-refractivity contribution is -0.551. The largest absolute Gasteiger partial charge is 0.376 e. The Hall–Kier alpha value is -2.41. The first-order chi connectivity index (χ1) is 15.0. The first-order valence-electron chi connectivity index (χ1n) is 11.5. The normalized spacial score (nSPS) is 27.2. The minimum atomic E-state index is -0.421. The summed E-state index contributed by atoms with van der Waals surface area (Å²) >= 11 is 0. The van der Waals surface area contributed by atoms with Crippen LogP contribution in [0.5, 0.6) is 0 Å². The van der Waals surface area contributed by atoms with Gasteiger partial charge in [0.25, 0.3) is 0 Å². The molecule has 7 heteroatoms. The molecule has 0 amide bonds. The standard InChI is InChI=1S/C24H36N4O3/c1-4-25-16-23(18(2)3)27-15-14-22(26-28(29)30)24(27)17-31-21-12-10-20(11-13-21)19-8-6-5-7-9-19/h4-9,16,18,20-22,24,26H,10-15,17H2,1-3H3/b23-16+,25-4?. The molecule has 7 nitrogen and oxygen atoms in total. The van der Waals surface area contributed by atoms with Crippen molar-refractivity contribution in [3.05, 3.63) is 57.9 Å². The summed E-state index contributed by atoms with van der Waals surface area (Å²) in [6.07, 6.45) is 8.91. The molecule has 1 saturated carbocycles. The highest BCUT2D eigenvalue weighted by Gasteiger charge is 2.39. The van der Waals surface area contributed by atoms with Gasteiger partial charge in [0, 0.05) is 24.7 Å². The average Bonchev–Trinajstić information content (AvgIpc) is 3.14. The maximum Gasteiger partial charge on any atom is 0.157 e. The minimum absolute atomic E-state index is 0.0713. The Morgan fingerprint density at radius 1 is 1.26 bits per heavy atom. The van der Waals surface area contributed by atoms with Crippen molar-refractivity contribution in [3.8, 4) is 0 Å². The molecule has 0 spiro atoms. The Bertz CT molecular complexity index is 757. The molecular formula is C24H36N4O3. The van der Waals surface area contributed by atoms with Gasteiger partial charge < -0.3 is 9.64 Å². The Balaban J connectivity index is 1.62. The van der Waals surface area contributed by atoms with E-state index in [2.05, 4.69) is 59.5 Å². The molecule has 1 aromatic carbocycles. The number of allylic oxidation sites excluding steroid dienone is 1. The van der Waals surface area contributed by atoms with Crippen molar-refractivity contribution in [2.45, 2.75) is 77.0 Å². The SMILES string of the molecule is CC=N/C=C(\C(C)C)N1CCC(N[N+](=O)[O-])C1COC1CCC(c2ccccc2)CC1. The maximum absolute atomic E-state index is 11.2. The third-order valence-corrected chi connectivity index (χ3v) is 6.54. The van der Waals surface area contributed by atoms with Crippen LogP contribution in [0.1, 0.15) is 64.4 Å². The minimum Gasteiger partial charge on any atom is -0.376 e. The summed E-state index contributed by atoms with van der Waals surface area (Å²) in [7, 11) is 0. The van der Waals surface area contributed by atoms with Crippen molar-refractivity contribution >= 4 is 6.21 Å². The van der Waals surface area contributed by atoms with E-state index in [0.717, 1.165) is 44.3 Å². The predicted octanol–water partition coefficient (Wildman–Crippen LogP) is 4.54. The molecule has 1 heterocycles. The number of ether oxygens (including phenoxy) is 1. The number of nitro groups is 1. The molecule has 1 aliphatic heterocycles. The van der Waals surface area contributed by atoms with Crippen LogP contribution >= 0.6 is 0 Å². The van der Waals surface area contributed by atoms with Gasteiger partial charge in [0.05, 0.1) is 18.8 Å². The molecule has 1 aromatic rings. The van der Waals surface area contributed by atoms with E-state index in [-0.39, 0.29) is 24.1 Å². The molecule has 2 fully saturated rings. The van der Waals surface area contributed by atoms with E-state index < -0.39 is 5.03 Å². The molecule has 2 atom stereocenters. The number of nitrogens with one attached hydrogen (secondary N) is 1. The third-order valence-electron chi connectivity index (χ3n) is 6.54. The Labute approximate surface area is 185 Å². The van der Waals surface area contributed by atoms with Gasteiger partial charge in [-0.1, -0.05) is 44.2 Å². The molecule has 3 rings (SSSR count). The molecule has 0 aromatic heterocycles. The van der Waals surface area contributed by atoms with Gasteiger partial charge in [-0.25, -0.2) is 10.1 Å². The van der Waals surface area contributed by atoms with Crippen LogP contribution < -0.4 is 5.43 Å². The summed E-state index contributed by atoms with van der Waals surface area (Å²) < 4.78 is 6.36. The van der Waals surface area contributed by atoms with Crippen molar-refractivity contribution < 1.29 is 9.77 Å². The zero-order valence-corrected chi connectivity index (χ0v) is 18.9. The zero-order valence-electron chi connectivity index (χ0n) is 18.9. The fraction of sp³-hybridized carbons (Fsp3) is 0.625. The highest BCUT2D eigenvalue weighted by molar-refractivity contribution is 5.54. The fourth-order valence-electron chi connectivity index (χ4n) is 4.89. The van der Waals surface area contributed by atoms with Gasteiger partial charge in [0.15, 0.2) is 5.03 Å². The molecular weight excluding hydrogens is 392 g/mol. The quantitative estimate of drug-likeness (QED) is 0.355. The molecule has 1 aliphatic carbocycles. The second-order valence-corrected chi connectivity index (χ2v) is 8.88. The predicted molar refractivity (Wildman–Crippen MR) is 124 cm³/mol. The molecule has 31 heavy (non-hydrogen) atoms. The van der Waals surface area contributed by atoms with Crippen LogP contribution in [0.2, 0.25) is 0 Å². The fourth-order valence-corrected chi connectivity index (χ4v) is 4.89. The van der Waals surface area contributed by atoms with E-state index >= 15 is 0 Å². The van der Waals surface area contributed by atoms with Crippen LogP contribution in [0.15, 0.2) is 47.2 Å². The Morgan fingerprint density at radius 2 is 1.97 bits per heavy atom. The van der Waals surface area contributed by atoms with E-state index in [4.69, 9.17) is 4.74 Å². The molecule has 170 valence electrons. The van der Waals surface area contributed by atoms with E-state index in [9.17, 15) is 10.1 Å². The van der Waals surface area contributed by atoms with Crippen molar-refractivity contribution in [2.24, 2.45) is 10.9 Å². The second kappa shape index (κ2) is 11.3. The molecule has 2 aliphatic rings. The van der Waals surface area contributed by atoms with Gasteiger partial charge in [-0.3, -0.25) is 4.99 Å². The smallest absolute Gasteiger partial charge is 0.157 e. The average molecular weight is 429 g/mol. The van der Waals surface area contributed by atoms with Crippen LogP contribution in [-0.4, -0.2) is 47.5 Å². The van der Waals surface area contributed by atoms with Crippen molar-refractivity contribution in [3.63, 3.8) is 0 Å². The van der Waals surface area contributed by atoms with Crippen molar-refractivity contribution in [1.29, 1.82) is 0 Å². The number of hydrogen-bond acceptors (Lipinski definition) is 5. The van der Waals surface area contributed by atoms with Gasteiger partial charge in [-0.2, -0.15) is 0 Å². The van der Waals surface area contributed by atoms with Gasteiger partial charge >= 0.3 is 0 Å². The summed E-state index contributed by atoms with van der Waals surface area (Å²) in [5, 5.41) is 10.7. The number of rotatable bonds is 9. The molecule has 1 N–H and O–H groups in total. The lowest BCUT2D eigenvalue weighted by atomic mass is 9.83. The summed E-state index contributed by atoms with van der Waals surface area (Å²) in [6, 6.07) is 10.4. The zero-order chi connectivity index (χ0) is 22.2. The van der Waals surface area contributed by atoms with Gasteiger partial charge in [0.1, 0.15) is 6.04 Å². The van der Waals surface area contributed by atoms with Gasteiger partial charge in [-0.15, -0.1) is 5.43 Å². The number of aliphatic imine (C=N–C) groups is 1. The molecule has 0 radical (unpaired) electrons. The highest BCUT2D eigenvalue weighted by Crippen LogP contribution is 2.35. The van der Waals surface area contributed by atoms with Crippen LogP contribution in [0, 0.1) is 16.0 Å². The van der Waals surface area contributed by atoms with Gasteiger partial charge in [-0.05, 0) is 56.4 Å². The lowest BCUT2D eigenvalue weighted by Gasteiger charge is -2.34. The summed E-state index contributed by atoms with van der Waals surface area (Å²) in [5.74, 6) is 0.886.